The first-order valence-corrected chi connectivity index (χ1v) is 10.3. The molecule has 1 aromatic heterocycles. The van der Waals surface area contributed by atoms with Crippen molar-refractivity contribution >= 4 is 26.8 Å². The number of nitrogens with zero attached hydrogens (tertiary/aromatic N) is 2. The van der Waals surface area contributed by atoms with E-state index in [9.17, 15) is 13.2 Å². The van der Waals surface area contributed by atoms with Crippen LogP contribution in [0.4, 0.5) is 0 Å². The number of para-hydroxylation sites is 1. The Bertz CT molecular complexity index is 1090. The highest BCUT2D eigenvalue weighted by molar-refractivity contribution is 7.91. The van der Waals surface area contributed by atoms with Crippen LogP contribution in [0.1, 0.15) is 22.6 Å². The number of benzene rings is 2. The first-order valence-electron chi connectivity index (χ1n) is 8.49. The van der Waals surface area contributed by atoms with Crippen molar-refractivity contribution in [2.45, 2.75) is 19.4 Å². The van der Waals surface area contributed by atoms with Crippen LogP contribution < -0.4 is 5.32 Å². The number of sulfone groups is 1. The predicted molar refractivity (Wildman–Crippen MR) is 100 cm³/mol. The Labute approximate surface area is 151 Å². The Morgan fingerprint density at radius 3 is 2.65 bits per heavy atom. The number of fused-ring (bicyclic) bond motifs is 1. The number of nitrogens with one attached hydrogen (secondary N) is 1. The highest BCUT2D eigenvalue weighted by Gasteiger charge is 2.29. The zero-order valence-corrected chi connectivity index (χ0v) is 15.2. The van der Waals surface area contributed by atoms with Gasteiger partial charge < -0.3 is 5.32 Å². The van der Waals surface area contributed by atoms with E-state index in [2.05, 4.69) is 10.3 Å². The Morgan fingerprint density at radius 2 is 1.96 bits per heavy atom. The number of hydrogen-bond acceptors (Lipinski definition) is 4. The van der Waals surface area contributed by atoms with E-state index in [1.807, 2.05) is 47.9 Å². The lowest BCUT2D eigenvalue weighted by atomic mass is 10.1. The molecule has 1 atom stereocenters. The molecule has 0 aliphatic carbocycles. The normalized spacial score (nSPS) is 18.9. The molecular weight excluding hydrogens is 350 g/mol. The van der Waals surface area contributed by atoms with E-state index in [4.69, 9.17) is 0 Å². The van der Waals surface area contributed by atoms with Crippen molar-refractivity contribution in [3.8, 4) is 5.69 Å². The van der Waals surface area contributed by atoms with Gasteiger partial charge >= 0.3 is 0 Å². The molecule has 1 saturated heterocycles. The zero-order chi connectivity index (χ0) is 18.3. The molecule has 1 aliphatic heterocycles. The first-order chi connectivity index (χ1) is 12.4. The van der Waals surface area contributed by atoms with Gasteiger partial charge in [0.25, 0.3) is 5.91 Å². The van der Waals surface area contributed by atoms with Crippen LogP contribution in [0.15, 0.2) is 48.5 Å². The lowest BCUT2D eigenvalue weighted by Gasteiger charge is -2.11. The van der Waals surface area contributed by atoms with E-state index in [0.717, 1.165) is 22.5 Å². The average molecular weight is 369 g/mol. The van der Waals surface area contributed by atoms with Crippen molar-refractivity contribution in [2.24, 2.45) is 0 Å². The van der Waals surface area contributed by atoms with Gasteiger partial charge in [-0.1, -0.05) is 18.2 Å². The van der Waals surface area contributed by atoms with Gasteiger partial charge in [-0.2, -0.15) is 0 Å². The Morgan fingerprint density at radius 1 is 1.19 bits per heavy atom. The third kappa shape index (κ3) is 3.10. The molecular formula is C19H19N3O3S. The van der Waals surface area contributed by atoms with Gasteiger partial charge in [-0.15, -0.1) is 0 Å². The second-order valence-electron chi connectivity index (χ2n) is 6.61. The van der Waals surface area contributed by atoms with Gasteiger partial charge in [0.2, 0.25) is 0 Å². The van der Waals surface area contributed by atoms with Gasteiger partial charge in [-0.05, 0) is 43.7 Å². The molecule has 6 nitrogen and oxygen atoms in total. The van der Waals surface area contributed by atoms with Crippen molar-refractivity contribution in [2.75, 3.05) is 11.5 Å². The highest BCUT2D eigenvalue weighted by Crippen LogP contribution is 2.22. The largest absolute Gasteiger partial charge is 0.348 e. The number of amides is 1. The fraction of sp³-hybridized carbons (Fsp3) is 0.263. The molecule has 2 aromatic carbocycles. The minimum absolute atomic E-state index is 0.0166. The summed E-state index contributed by atoms with van der Waals surface area (Å²) in [6.45, 7) is 1.93. The molecule has 1 amide bonds. The van der Waals surface area contributed by atoms with Gasteiger partial charge in [-0.25, -0.2) is 13.4 Å². The van der Waals surface area contributed by atoms with Crippen molar-refractivity contribution in [3.63, 3.8) is 0 Å². The van der Waals surface area contributed by atoms with E-state index >= 15 is 0 Å². The summed E-state index contributed by atoms with van der Waals surface area (Å²) in [6.07, 6.45) is 0.470. The van der Waals surface area contributed by atoms with Crippen LogP contribution in [0.5, 0.6) is 0 Å². The number of hydrogen-bond donors (Lipinski definition) is 1. The van der Waals surface area contributed by atoms with Crippen LogP contribution in [0, 0.1) is 6.92 Å². The molecule has 134 valence electrons. The van der Waals surface area contributed by atoms with Crippen LogP contribution in [-0.4, -0.2) is 41.4 Å². The van der Waals surface area contributed by atoms with Crippen molar-refractivity contribution in [1.29, 1.82) is 0 Å². The number of carbonyl (C=O) groups is 1. The zero-order valence-electron chi connectivity index (χ0n) is 14.3. The third-order valence-corrected chi connectivity index (χ3v) is 6.43. The van der Waals surface area contributed by atoms with Gasteiger partial charge in [0.15, 0.2) is 9.84 Å². The molecule has 0 radical (unpaired) electrons. The van der Waals surface area contributed by atoms with Crippen LogP contribution in [0.3, 0.4) is 0 Å². The van der Waals surface area contributed by atoms with Crippen LogP contribution in [0.2, 0.25) is 0 Å². The standard InChI is InChI=1S/C19H19N3O3S/c1-13-20-17-11-14(19(23)21-15-9-10-26(24,25)12-15)7-8-18(17)22(13)16-5-3-2-4-6-16/h2-8,11,15H,9-10,12H2,1H3,(H,21,23). The number of aromatic nitrogens is 2. The maximum Gasteiger partial charge on any atom is 0.251 e. The topological polar surface area (TPSA) is 81.1 Å². The molecule has 3 aromatic rings. The number of carbonyl (C=O) groups excluding carboxylic acids is 1. The quantitative estimate of drug-likeness (QED) is 0.768. The average Bonchev–Trinajstić information content (AvgIpc) is 3.12. The summed E-state index contributed by atoms with van der Waals surface area (Å²) in [7, 11) is -3.02. The predicted octanol–water partition coefficient (Wildman–Crippen LogP) is 2.25. The molecule has 0 bridgehead atoms. The van der Waals surface area contributed by atoms with Gasteiger partial charge in [0.05, 0.1) is 22.5 Å². The molecule has 1 aliphatic rings. The summed E-state index contributed by atoms with van der Waals surface area (Å²) < 4.78 is 25.1. The Kier molecular flexibility index (Phi) is 4.03. The summed E-state index contributed by atoms with van der Waals surface area (Å²) in [4.78, 5) is 17.1. The molecule has 1 N–H and O–H groups in total. The smallest absolute Gasteiger partial charge is 0.251 e. The lowest BCUT2D eigenvalue weighted by Crippen LogP contribution is -2.35. The molecule has 0 spiro atoms. The van der Waals surface area contributed by atoms with Crippen molar-refractivity contribution < 1.29 is 13.2 Å². The summed E-state index contributed by atoms with van der Waals surface area (Å²) in [5.41, 5.74) is 3.16. The number of imidazole rings is 1. The molecule has 1 fully saturated rings. The summed E-state index contributed by atoms with van der Waals surface area (Å²) >= 11 is 0. The lowest BCUT2D eigenvalue weighted by molar-refractivity contribution is 0.0941. The molecule has 4 rings (SSSR count). The van der Waals surface area contributed by atoms with Gasteiger partial charge in [0.1, 0.15) is 5.82 Å². The second-order valence-corrected chi connectivity index (χ2v) is 8.84. The van der Waals surface area contributed by atoms with E-state index < -0.39 is 9.84 Å². The van der Waals surface area contributed by atoms with Crippen LogP contribution in [0.25, 0.3) is 16.7 Å². The van der Waals surface area contributed by atoms with Crippen LogP contribution in [-0.2, 0) is 9.84 Å². The Balaban J connectivity index is 1.63. The Hall–Kier alpha value is -2.67. The third-order valence-electron chi connectivity index (χ3n) is 4.67. The second kappa shape index (κ2) is 6.25. The SMILES string of the molecule is Cc1nc2cc(C(=O)NC3CCS(=O)(=O)C3)ccc2n1-c1ccccc1. The fourth-order valence-electron chi connectivity index (χ4n) is 3.42. The summed E-state index contributed by atoms with van der Waals surface area (Å²) in [5, 5.41) is 2.82. The minimum Gasteiger partial charge on any atom is -0.348 e. The molecule has 1 unspecified atom stereocenters. The first kappa shape index (κ1) is 16.8. The van der Waals surface area contributed by atoms with E-state index in [0.29, 0.717) is 12.0 Å². The van der Waals surface area contributed by atoms with Crippen LogP contribution >= 0.6 is 0 Å². The number of aryl methyl sites for hydroxylation is 1. The van der Waals surface area contributed by atoms with Crippen molar-refractivity contribution in [1.82, 2.24) is 14.9 Å². The van der Waals surface area contributed by atoms with E-state index in [1.165, 1.54) is 0 Å². The molecule has 0 saturated carbocycles. The van der Waals surface area contributed by atoms with E-state index in [1.54, 1.807) is 12.1 Å². The molecule has 26 heavy (non-hydrogen) atoms. The maximum atomic E-state index is 12.5. The maximum absolute atomic E-state index is 12.5. The summed E-state index contributed by atoms with van der Waals surface area (Å²) in [5.74, 6) is 0.729. The van der Waals surface area contributed by atoms with Crippen molar-refractivity contribution in [3.05, 3.63) is 59.9 Å². The molecule has 7 heteroatoms. The fourth-order valence-corrected chi connectivity index (χ4v) is 5.10. The minimum atomic E-state index is -3.02. The van der Waals surface area contributed by atoms with Gasteiger partial charge in [0, 0.05) is 17.3 Å². The summed E-state index contributed by atoms with van der Waals surface area (Å²) in [6, 6.07) is 15.0. The van der Waals surface area contributed by atoms with E-state index in [-0.39, 0.29) is 23.5 Å². The number of rotatable bonds is 3. The molecule has 2 heterocycles. The highest BCUT2D eigenvalue weighted by atomic mass is 32.2. The monoisotopic (exact) mass is 369 g/mol. The van der Waals surface area contributed by atoms with Gasteiger partial charge in [-0.3, -0.25) is 9.36 Å².